The molecule has 1 saturated heterocycles. The van der Waals surface area contributed by atoms with Crippen molar-refractivity contribution >= 4 is 29.3 Å². The summed E-state index contributed by atoms with van der Waals surface area (Å²) in [6, 6.07) is 5.67. The summed E-state index contributed by atoms with van der Waals surface area (Å²) in [6.45, 7) is -0.171. The molecule has 1 aromatic carbocycles. The highest BCUT2D eigenvalue weighted by atomic mass is 16.4. The Kier molecular flexibility index (Phi) is 3.51. The molecule has 1 aromatic rings. The van der Waals surface area contributed by atoms with Gasteiger partial charge in [0.2, 0.25) is 11.8 Å². The molecule has 0 radical (unpaired) electrons. The van der Waals surface area contributed by atoms with Crippen LogP contribution in [0, 0.1) is 0 Å². The Morgan fingerprint density at radius 1 is 1.15 bits per heavy atom. The third kappa shape index (κ3) is 2.51. The molecule has 104 valence electrons. The Labute approximate surface area is 114 Å². The summed E-state index contributed by atoms with van der Waals surface area (Å²) in [7, 11) is 1.53. The van der Waals surface area contributed by atoms with Gasteiger partial charge in [-0.25, -0.2) is 4.79 Å². The van der Waals surface area contributed by atoms with E-state index in [1.807, 2.05) is 0 Å². The van der Waals surface area contributed by atoms with E-state index in [-0.39, 0.29) is 30.5 Å². The number of nitrogens with zero attached hydrogens (tertiary/aromatic N) is 2. The lowest BCUT2D eigenvalue weighted by Gasteiger charge is -2.31. The van der Waals surface area contributed by atoms with E-state index in [2.05, 4.69) is 0 Å². The molecule has 0 atom stereocenters. The van der Waals surface area contributed by atoms with Crippen LogP contribution in [-0.2, 0) is 14.4 Å². The first-order valence-electron chi connectivity index (χ1n) is 5.82. The number of hydrogen-bond acceptors (Lipinski definition) is 4. The van der Waals surface area contributed by atoms with Gasteiger partial charge in [0.25, 0.3) is 5.78 Å². The SMILES string of the molecule is CN1CC(=O)N(c2cccc(C(=O)C(=O)O)c2)CC1=O. The van der Waals surface area contributed by atoms with Crippen molar-refractivity contribution in [2.45, 2.75) is 0 Å². The third-order valence-electron chi connectivity index (χ3n) is 3.01. The first kappa shape index (κ1) is 13.7. The number of likely N-dealkylation sites (N-methyl/N-ethyl adjacent to an activating group) is 1. The zero-order chi connectivity index (χ0) is 14.9. The van der Waals surface area contributed by atoms with Gasteiger partial charge in [-0.3, -0.25) is 14.4 Å². The van der Waals surface area contributed by atoms with Gasteiger partial charge in [-0.2, -0.15) is 0 Å². The average molecular weight is 276 g/mol. The largest absolute Gasteiger partial charge is 0.475 e. The molecule has 0 aromatic heterocycles. The molecule has 0 saturated carbocycles. The summed E-state index contributed by atoms with van der Waals surface area (Å²) in [6.07, 6.45) is 0. The second-order valence-corrected chi connectivity index (χ2v) is 4.41. The minimum absolute atomic E-state index is 0.0332. The van der Waals surface area contributed by atoms with E-state index < -0.39 is 11.8 Å². The number of rotatable bonds is 3. The second-order valence-electron chi connectivity index (χ2n) is 4.41. The molecule has 1 N–H and O–H groups in total. The Balaban J connectivity index is 2.31. The first-order chi connectivity index (χ1) is 9.40. The third-order valence-corrected chi connectivity index (χ3v) is 3.01. The Morgan fingerprint density at radius 3 is 2.50 bits per heavy atom. The highest BCUT2D eigenvalue weighted by Crippen LogP contribution is 2.19. The molecule has 0 aliphatic carbocycles. The number of ketones is 1. The maximum atomic E-state index is 11.9. The molecule has 1 aliphatic heterocycles. The number of benzene rings is 1. The van der Waals surface area contributed by atoms with Gasteiger partial charge in [-0.1, -0.05) is 12.1 Å². The van der Waals surface area contributed by atoms with E-state index in [4.69, 9.17) is 5.11 Å². The van der Waals surface area contributed by atoms with Crippen LogP contribution in [0.2, 0.25) is 0 Å². The van der Waals surface area contributed by atoms with Gasteiger partial charge in [0.15, 0.2) is 0 Å². The van der Waals surface area contributed by atoms with Crippen LogP contribution in [0.4, 0.5) is 5.69 Å². The molecule has 0 spiro atoms. The fourth-order valence-electron chi connectivity index (χ4n) is 1.89. The second kappa shape index (κ2) is 5.12. The van der Waals surface area contributed by atoms with Crippen molar-refractivity contribution < 1.29 is 24.3 Å². The monoisotopic (exact) mass is 276 g/mol. The number of hydrogen-bond donors (Lipinski definition) is 1. The molecule has 2 amide bonds. The Bertz CT molecular complexity index is 611. The summed E-state index contributed by atoms with van der Waals surface area (Å²) < 4.78 is 0. The fraction of sp³-hybridized carbons (Fsp3) is 0.231. The molecular weight excluding hydrogens is 264 g/mol. The van der Waals surface area contributed by atoms with Crippen molar-refractivity contribution in [2.75, 3.05) is 25.0 Å². The normalized spacial score (nSPS) is 15.4. The number of carboxylic acids is 1. The minimum Gasteiger partial charge on any atom is -0.475 e. The molecule has 1 fully saturated rings. The number of aliphatic carboxylic acids is 1. The lowest BCUT2D eigenvalue weighted by Crippen LogP contribution is -2.52. The average Bonchev–Trinajstić information content (AvgIpc) is 2.42. The predicted molar refractivity (Wildman–Crippen MR) is 68.4 cm³/mol. The molecule has 2 rings (SSSR count). The van der Waals surface area contributed by atoms with E-state index in [1.54, 1.807) is 6.07 Å². The fourth-order valence-corrected chi connectivity index (χ4v) is 1.89. The van der Waals surface area contributed by atoms with Gasteiger partial charge in [-0.15, -0.1) is 0 Å². The zero-order valence-electron chi connectivity index (χ0n) is 10.7. The molecule has 1 aliphatic rings. The molecule has 7 nitrogen and oxygen atoms in total. The smallest absolute Gasteiger partial charge is 0.377 e. The summed E-state index contributed by atoms with van der Waals surface area (Å²) in [5.74, 6) is -3.13. The number of anilines is 1. The van der Waals surface area contributed by atoms with Crippen molar-refractivity contribution in [1.29, 1.82) is 0 Å². The number of piperazine rings is 1. The van der Waals surface area contributed by atoms with E-state index >= 15 is 0 Å². The quantitative estimate of drug-likeness (QED) is 0.607. The Morgan fingerprint density at radius 2 is 1.85 bits per heavy atom. The lowest BCUT2D eigenvalue weighted by atomic mass is 10.1. The molecule has 7 heteroatoms. The first-order valence-corrected chi connectivity index (χ1v) is 5.82. The number of carboxylic acid groups (broad SMARTS) is 1. The van der Waals surface area contributed by atoms with Crippen molar-refractivity contribution in [1.82, 2.24) is 4.90 Å². The number of amides is 2. The molecule has 0 unspecified atom stereocenters. The Hall–Kier alpha value is -2.70. The van der Waals surface area contributed by atoms with Crippen LogP contribution in [-0.4, -0.2) is 53.7 Å². The van der Waals surface area contributed by atoms with Crippen LogP contribution in [0.3, 0.4) is 0 Å². The van der Waals surface area contributed by atoms with Crippen LogP contribution in [0.25, 0.3) is 0 Å². The van der Waals surface area contributed by atoms with E-state index in [9.17, 15) is 19.2 Å². The van der Waals surface area contributed by atoms with E-state index in [0.29, 0.717) is 5.69 Å². The van der Waals surface area contributed by atoms with Gasteiger partial charge in [0.1, 0.15) is 6.54 Å². The van der Waals surface area contributed by atoms with Crippen LogP contribution >= 0.6 is 0 Å². The number of carbonyl (C=O) groups excluding carboxylic acids is 3. The van der Waals surface area contributed by atoms with Crippen molar-refractivity contribution in [3.8, 4) is 0 Å². The summed E-state index contributed by atoms with van der Waals surface area (Å²) in [4.78, 5) is 48.1. The minimum atomic E-state index is -1.57. The summed E-state index contributed by atoms with van der Waals surface area (Å²) >= 11 is 0. The van der Waals surface area contributed by atoms with Gasteiger partial charge in [0, 0.05) is 18.3 Å². The molecule has 0 bridgehead atoms. The summed E-state index contributed by atoms with van der Waals surface area (Å²) in [5, 5.41) is 8.67. The molecule has 1 heterocycles. The summed E-state index contributed by atoms with van der Waals surface area (Å²) in [5.41, 5.74) is 0.303. The van der Waals surface area contributed by atoms with Crippen LogP contribution in [0.15, 0.2) is 24.3 Å². The molecule has 20 heavy (non-hydrogen) atoms. The van der Waals surface area contributed by atoms with Gasteiger partial charge in [0.05, 0.1) is 6.54 Å². The van der Waals surface area contributed by atoms with E-state index in [1.165, 1.54) is 35.0 Å². The molecular formula is C13H12N2O5. The van der Waals surface area contributed by atoms with Crippen molar-refractivity contribution in [3.63, 3.8) is 0 Å². The van der Waals surface area contributed by atoms with Gasteiger partial charge in [-0.05, 0) is 12.1 Å². The van der Waals surface area contributed by atoms with Gasteiger partial charge < -0.3 is 14.9 Å². The lowest BCUT2D eigenvalue weighted by molar-refractivity contribution is -0.136. The highest BCUT2D eigenvalue weighted by molar-refractivity contribution is 6.40. The maximum absolute atomic E-state index is 11.9. The van der Waals surface area contributed by atoms with Crippen molar-refractivity contribution in [2.24, 2.45) is 0 Å². The van der Waals surface area contributed by atoms with Crippen LogP contribution in [0.5, 0.6) is 0 Å². The maximum Gasteiger partial charge on any atom is 0.377 e. The number of Topliss-reactive ketones (excluding diaryl/α,β-unsaturated/α-hetero) is 1. The van der Waals surface area contributed by atoms with Crippen LogP contribution in [0.1, 0.15) is 10.4 Å². The van der Waals surface area contributed by atoms with Crippen molar-refractivity contribution in [3.05, 3.63) is 29.8 Å². The predicted octanol–water partition coefficient (Wildman–Crippen LogP) is -0.241. The van der Waals surface area contributed by atoms with Crippen LogP contribution < -0.4 is 4.90 Å². The standard InChI is InChI=1S/C13H12N2O5/c1-14-6-11(17)15(7-10(14)16)9-4-2-3-8(5-9)12(18)13(19)20/h2-5H,6-7H2,1H3,(H,19,20). The van der Waals surface area contributed by atoms with E-state index in [0.717, 1.165) is 0 Å². The number of carbonyl (C=O) groups is 4. The highest BCUT2D eigenvalue weighted by Gasteiger charge is 2.29. The zero-order valence-corrected chi connectivity index (χ0v) is 10.7. The van der Waals surface area contributed by atoms with Gasteiger partial charge >= 0.3 is 5.97 Å². The topological polar surface area (TPSA) is 95.0 Å².